The summed E-state index contributed by atoms with van der Waals surface area (Å²) in [5.74, 6) is 0. The Morgan fingerprint density at radius 1 is 0.667 bits per heavy atom. The van der Waals surface area contributed by atoms with E-state index >= 15 is 0 Å². The van der Waals surface area contributed by atoms with Gasteiger partial charge in [0.25, 0.3) is 0 Å². The normalized spacial score (nSPS) is 12.4. The molecule has 1 nitrogen and oxygen atoms in total. The van der Waals surface area contributed by atoms with E-state index in [1.165, 1.54) is 77.0 Å². The van der Waals surface area contributed by atoms with Gasteiger partial charge in [-0.25, -0.2) is 0 Å². The number of allylic oxidation sites excluding steroid dienone is 2. The zero-order chi connectivity index (χ0) is 15.8. The van der Waals surface area contributed by atoms with Gasteiger partial charge in [0.2, 0.25) is 0 Å². The van der Waals surface area contributed by atoms with Crippen LogP contribution in [-0.2, 0) is 0 Å². The lowest BCUT2D eigenvalue weighted by Gasteiger charge is -2.16. The second-order valence-electron chi connectivity index (χ2n) is 7.15. The van der Waals surface area contributed by atoms with Crippen LogP contribution >= 0.6 is 0 Å². The summed E-state index contributed by atoms with van der Waals surface area (Å²) in [6.45, 7) is 6.08. The van der Waals surface area contributed by atoms with Crippen molar-refractivity contribution in [3.05, 3.63) is 12.2 Å². The van der Waals surface area contributed by atoms with E-state index in [-0.39, 0.29) is 0 Å². The highest BCUT2D eigenvalue weighted by Gasteiger charge is 2.10. The predicted molar refractivity (Wildman–Crippen MR) is 95.7 cm³/mol. The summed E-state index contributed by atoms with van der Waals surface area (Å²) in [6.07, 6.45) is 23.0. The molecular formula is C20H40O. The zero-order valence-electron chi connectivity index (χ0n) is 15.0. The summed E-state index contributed by atoms with van der Waals surface area (Å²) < 4.78 is 0. The lowest BCUT2D eigenvalue weighted by molar-refractivity contribution is 0.0680. The van der Waals surface area contributed by atoms with E-state index < -0.39 is 5.60 Å². The average molecular weight is 297 g/mol. The van der Waals surface area contributed by atoms with Gasteiger partial charge in [-0.1, -0.05) is 76.9 Å². The second-order valence-corrected chi connectivity index (χ2v) is 7.15. The molecule has 0 amide bonds. The van der Waals surface area contributed by atoms with Crippen LogP contribution in [0.5, 0.6) is 0 Å². The number of hydrogen-bond donors (Lipinski definition) is 1. The first-order valence-corrected chi connectivity index (χ1v) is 9.43. The first-order chi connectivity index (χ1) is 10.1. The van der Waals surface area contributed by atoms with Crippen molar-refractivity contribution in [2.24, 2.45) is 0 Å². The van der Waals surface area contributed by atoms with Gasteiger partial charge in [-0.2, -0.15) is 0 Å². The van der Waals surface area contributed by atoms with E-state index in [0.29, 0.717) is 0 Å². The van der Waals surface area contributed by atoms with Crippen molar-refractivity contribution in [3.8, 4) is 0 Å². The van der Waals surface area contributed by atoms with Crippen LogP contribution < -0.4 is 0 Å². The number of aliphatic hydroxyl groups is 1. The van der Waals surface area contributed by atoms with Gasteiger partial charge < -0.3 is 5.11 Å². The number of rotatable bonds is 15. The van der Waals surface area contributed by atoms with Crippen LogP contribution in [0, 0.1) is 0 Å². The summed E-state index contributed by atoms with van der Waals surface area (Å²) in [5.41, 5.74) is -0.473. The zero-order valence-corrected chi connectivity index (χ0v) is 15.0. The van der Waals surface area contributed by atoms with Crippen LogP contribution in [0.2, 0.25) is 0 Å². The molecule has 126 valence electrons. The number of unbranched alkanes of at least 4 members (excludes halogenated alkanes) is 11. The molecule has 0 rings (SSSR count). The molecule has 0 aliphatic heterocycles. The van der Waals surface area contributed by atoms with Crippen molar-refractivity contribution in [2.75, 3.05) is 0 Å². The fourth-order valence-corrected chi connectivity index (χ4v) is 2.63. The van der Waals surface area contributed by atoms with E-state index in [0.717, 1.165) is 12.8 Å². The topological polar surface area (TPSA) is 20.2 Å². The van der Waals surface area contributed by atoms with Crippen LogP contribution in [0.25, 0.3) is 0 Å². The molecule has 0 fully saturated rings. The van der Waals surface area contributed by atoms with Crippen molar-refractivity contribution >= 4 is 0 Å². The van der Waals surface area contributed by atoms with Crippen LogP contribution in [0.4, 0.5) is 0 Å². The molecule has 0 unspecified atom stereocenters. The Morgan fingerprint density at radius 3 is 1.57 bits per heavy atom. The van der Waals surface area contributed by atoms with Crippen molar-refractivity contribution in [1.29, 1.82) is 0 Å². The van der Waals surface area contributed by atoms with Gasteiger partial charge in [0.15, 0.2) is 0 Å². The predicted octanol–water partition coefficient (Wildman–Crippen LogP) is 6.79. The molecule has 0 radical (unpaired) electrons. The molecular weight excluding hydrogens is 256 g/mol. The van der Waals surface area contributed by atoms with Gasteiger partial charge in [0.1, 0.15) is 0 Å². The fraction of sp³-hybridized carbons (Fsp3) is 0.900. The summed E-state index contributed by atoms with van der Waals surface area (Å²) in [6, 6.07) is 0. The molecule has 0 aromatic heterocycles. The minimum atomic E-state index is -0.473. The third-order valence-corrected chi connectivity index (χ3v) is 4.05. The molecule has 0 saturated carbocycles. The molecule has 0 aliphatic rings. The lowest BCUT2D eigenvalue weighted by Crippen LogP contribution is -2.17. The minimum absolute atomic E-state index is 0.473. The first kappa shape index (κ1) is 20.7. The van der Waals surface area contributed by atoms with Gasteiger partial charge in [0.05, 0.1) is 5.60 Å². The Balaban J connectivity index is 3.12. The van der Waals surface area contributed by atoms with Gasteiger partial charge in [-0.05, 0) is 46.0 Å². The Labute approximate surface area is 134 Å². The molecule has 21 heavy (non-hydrogen) atoms. The molecule has 1 N–H and O–H groups in total. The van der Waals surface area contributed by atoms with Gasteiger partial charge in [-0.3, -0.25) is 0 Å². The molecule has 0 saturated heterocycles. The minimum Gasteiger partial charge on any atom is -0.390 e. The highest BCUT2D eigenvalue weighted by Crippen LogP contribution is 2.15. The lowest BCUT2D eigenvalue weighted by atomic mass is 10.00. The van der Waals surface area contributed by atoms with E-state index in [4.69, 9.17) is 0 Å². The van der Waals surface area contributed by atoms with Crippen LogP contribution in [0.1, 0.15) is 111 Å². The molecule has 1 heteroatoms. The third kappa shape index (κ3) is 19.7. The van der Waals surface area contributed by atoms with Gasteiger partial charge in [-0.15, -0.1) is 0 Å². The Bertz CT molecular complexity index is 224. The van der Waals surface area contributed by atoms with E-state index in [2.05, 4.69) is 19.1 Å². The van der Waals surface area contributed by atoms with E-state index in [1.54, 1.807) is 0 Å². The maximum Gasteiger partial charge on any atom is 0.0591 e. The smallest absolute Gasteiger partial charge is 0.0591 e. The molecule has 0 atom stereocenters. The Kier molecular flexibility index (Phi) is 14.4. The third-order valence-electron chi connectivity index (χ3n) is 4.05. The van der Waals surface area contributed by atoms with Crippen LogP contribution in [0.3, 0.4) is 0 Å². The monoisotopic (exact) mass is 296 g/mol. The molecule has 0 aliphatic carbocycles. The molecule has 0 aromatic carbocycles. The quantitative estimate of drug-likeness (QED) is 0.260. The van der Waals surface area contributed by atoms with Gasteiger partial charge in [0, 0.05) is 0 Å². The summed E-state index contributed by atoms with van der Waals surface area (Å²) in [5, 5.41) is 9.61. The van der Waals surface area contributed by atoms with Crippen molar-refractivity contribution in [1.82, 2.24) is 0 Å². The van der Waals surface area contributed by atoms with Crippen LogP contribution in [0.15, 0.2) is 12.2 Å². The average Bonchev–Trinajstić information content (AvgIpc) is 2.42. The maximum absolute atomic E-state index is 9.61. The van der Waals surface area contributed by atoms with Gasteiger partial charge >= 0.3 is 0 Å². The van der Waals surface area contributed by atoms with Crippen molar-refractivity contribution in [3.63, 3.8) is 0 Å². The SMILES string of the molecule is CCCCCCCC/C=C\CCCCCCCC(C)(C)O. The number of hydrogen-bond acceptors (Lipinski definition) is 1. The maximum atomic E-state index is 9.61. The Morgan fingerprint density at radius 2 is 1.10 bits per heavy atom. The van der Waals surface area contributed by atoms with Crippen molar-refractivity contribution in [2.45, 2.75) is 116 Å². The molecule has 0 heterocycles. The largest absolute Gasteiger partial charge is 0.390 e. The highest BCUT2D eigenvalue weighted by atomic mass is 16.3. The fourth-order valence-electron chi connectivity index (χ4n) is 2.63. The second kappa shape index (κ2) is 14.6. The standard InChI is InChI=1S/C20H40O/c1-4-5-6-7-8-9-10-11-12-13-14-15-16-17-18-19-20(2,3)21/h11-12,21H,4-10,13-19H2,1-3H3/b12-11-. The molecule has 0 bridgehead atoms. The van der Waals surface area contributed by atoms with Crippen LogP contribution in [-0.4, -0.2) is 10.7 Å². The first-order valence-electron chi connectivity index (χ1n) is 9.43. The summed E-state index contributed by atoms with van der Waals surface area (Å²) in [4.78, 5) is 0. The molecule has 0 aromatic rings. The van der Waals surface area contributed by atoms with E-state index in [1.807, 2.05) is 13.8 Å². The summed E-state index contributed by atoms with van der Waals surface area (Å²) >= 11 is 0. The summed E-state index contributed by atoms with van der Waals surface area (Å²) in [7, 11) is 0. The Hall–Kier alpha value is -0.300. The van der Waals surface area contributed by atoms with Crippen molar-refractivity contribution < 1.29 is 5.11 Å². The highest BCUT2D eigenvalue weighted by molar-refractivity contribution is 4.81. The molecule has 0 spiro atoms. The van der Waals surface area contributed by atoms with E-state index in [9.17, 15) is 5.11 Å².